The molecule has 3 N–H and O–H groups in total. The number of aryl methyl sites for hydroxylation is 1. The molecular weight excluding hydrogens is 283 g/mol. The van der Waals surface area contributed by atoms with Crippen LogP contribution >= 0.6 is 23.2 Å². The molecule has 0 unspecified atom stereocenters. The van der Waals surface area contributed by atoms with Crippen molar-refractivity contribution in [2.75, 3.05) is 11.1 Å². The van der Waals surface area contributed by atoms with Crippen molar-refractivity contribution in [3.8, 4) is 0 Å². The second-order valence-electron chi connectivity index (χ2n) is 4.15. The first-order valence-corrected chi connectivity index (χ1v) is 6.35. The molecule has 0 aliphatic heterocycles. The predicted molar refractivity (Wildman–Crippen MR) is 80.0 cm³/mol. The summed E-state index contributed by atoms with van der Waals surface area (Å²) >= 11 is 11.8. The van der Waals surface area contributed by atoms with Crippen LogP contribution in [0.3, 0.4) is 0 Å². The van der Waals surface area contributed by atoms with Crippen LogP contribution in [0.5, 0.6) is 0 Å². The molecule has 1 amide bonds. The van der Waals surface area contributed by atoms with Gasteiger partial charge in [0.15, 0.2) is 0 Å². The van der Waals surface area contributed by atoms with Gasteiger partial charge in [-0.3, -0.25) is 4.79 Å². The Balaban J connectivity index is 2.25. The zero-order chi connectivity index (χ0) is 14.0. The van der Waals surface area contributed by atoms with Gasteiger partial charge in [0.2, 0.25) is 0 Å². The Kier molecular flexibility index (Phi) is 3.98. The van der Waals surface area contributed by atoms with Crippen molar-refractivity contribution in [2.24, 2.45) is 0 Å². The number of nitrogens with one attached hydrogen (secondary N) is 1. The van der Waals surface area contributed by atoms with Gasteiger partial charge in [0.25, 0.3) is 5.91 Å². The van der Waals surface area contributed by atoms with Crippen LogP contribution in [-0.4, -0.2) is 5.91 Å². The Morgan fingerprint density at radius 1 is 1.16 bits per heavy atom. The molecule has 2 rings (SSSR count). The second-order valence-corrected chi connectivity index (χ2v) is 5.00. The predicted octanol–water partition coefficient (Wildman–Crippen LogP) is 4.14. The number of amides is 1. The zero-order valence-corrected chi connectivity index (χ0v) is 11.7. The molecule has 0 heterocycles. The minimum absolute atomic E-state index is 0.235. The summed E-state index contributed by atoms with van der Waals surface area (Å²) in [6.07, 6.45) is 0. The van der Waals surface area contributed by atoms with Crippen LogP contribution in [0.25, 0.3) is 0 Å². The van der Waals surface area contributed by atoms with Gasteiger partial charge in [-0.05, 0) is 48.9 Å². The highest BCUT2D eigenvalue weighted by atomic mass is 35.5. The molecule has 0 aromatic heterocycles. The second kappa shape index (κ2) is 5.51. The van der Waals surface area contributed by atoms with Crippen LogP contribution in [0.4, 0.5) is 11.4 Å². The maximum atomic E-state index is 12.1. The summed E-state index contributed by atoms with van der Waals surface area (Å²) in [5, 5.41) is 3.66. The highest BCUT2D eigenvalue weighted by Crippen LogP contribution is 2.26. The SMILES string of the molecule is Cc1cc(N)ccc1C(=O)Nc1ccc(Cl)cc1Cl. The fourth-order valence-electron chi connectivity index (χ4n) is 1.72. The molecule has 0 aliphatic rings. The molecule has 0 saturated carbocycles. The molecule has 0 radical (unpaired) electrons. The first-order valence-electron chi connectivity index (χ1n) is 5.60. The lowest BCUT2D eigenvalue weighted by atomic mass is 10.1. The standard InChI is InChI=1S/C14H12Cl2N2O/c1-8-6-10(17)3-4-11(8)14(19)18-13-5-2-9(15)7-12(13)16/h2-7H,17H2,1H3,(H,18,19). The van der Waals surface area contributed by atoms with E-state index in [1.165, 1.54) is 0 Å². The maximum absolute atomic E-state index is 12.1. The number of halogens is 2. The van der Waals surface area contributed by atoms with Crippen LogP contribution in [0.1, 0.15) is 15.9 Å². The number of anilines is 2. The average molecular weight is 295 g/mol. The van der Waals surface area contributed by atoms with Crippen molar-refractivity contribution in [1.82, 2.24) is 0 Å². The first-order chi connectivity index (χ1) is 8.97. The minimum atomic E-state index is -0.235. The van der Waals surface area contributed by atoms with E-state index in [1.54, 1.807) is 36.4 Å². The molecule has 98 valence electrons. The van der Waals surface area contributed by atoms with Crippen molar-refractivity contribution in [2.45, 2.75) is 6.92 Å². The molecule has 2 aromatic carbocycles. The fraction of sp³-hybridized carbons (Fsp3) is 0.0714. The van der Waals surface area contributed by atoms with Crippen LogP contribution in [0.15, 0.2) is 36.4 Å². The summed E-state index contributed by atoms with van der Waals surface area (Å²) in [5.74, 6) is -0.235. The number of nitrogen functional groups attached to an aromatic ring is 1. The Hall–Kier alpha value is -1.71. The largest absolute Gasteiger partial charge is 0.399 e. The van der Waals surface area contributed by atoms with E-state index < -0.39 is 0 Å². The smallest absolute Gasteiger partial charge is 0.255 e. The Bertz CT molecular complexity index is 641. The van der Waals surface area contributed by atoms with Gasteiger partial charge >= 0.3 is 0 Å². The van der Waals surface area contributed by atoms with E-state index >= 15 is 0 Å². The highest BCUT2D eigenvalue weighted by molar-refractivity contribution is 6.36. The summed E-state index contributed by atoms with van der Waals surface area (Å²) in [4.78, 5) is 12.1. The van der Waals surface area contributed by atoms with Gasteiger partial charge in [-0.25, -0.2) is 0 Å². The van der Waals surface area contributed by atoms with Gasteiger partial charge < -0.3 is 11.1 Å². The lowest BCUT2D eigenvalue weighted by Crippen LogP contribution is -2.13. The number of carbonyl (C=O) groups is 1. The molecule has 0 spiro atoms. The van der Waals surface area contributed by atoms with Crippen molar-refractivity contribution < 1.29 is 4.79 Å². The fourth-order valence-corrected chi connectivity index (χ4v) is 2.18. The van der Waals surface area contributed by atoms with Gasteiger partial charge in [-0.2, -0.15) is 0 Å². The van der Waals surface area contributed by atoms with Crippen LogP contribution in [0.2, 0.25) is 10.0 Å². The summed E-state index contributed by atoms with van der Waals surface area (Å²) in [6, 6.07) is 10.0. The quantitative estimate of drug-likeness (QED) is 0.818. The lowest BCUT2D eigenvalue weighted by molar-refractivity contribution is 0.102. The third-order valence-electron chi connectivity index (χ3n) is 2.67. The molecule has 0 bridgehead atoms. The van der Waals surface area contributed by atoms with E-state index in [1.807, 2.05) is 6.92 Å². The monoisotopic (exact) mass is 294 g/mol. The van der Waals surface area contributed by atoms with Gasteiger partial charge in [0.05, 0.1) is 10.7 Å². The van der Waals surface area contributed by atoms with E-state index in [-0.39, 0.29) is 5.91 Å². The van der Waals surface area contributed by atoms with Gasteiger partial charge in [-0.15, -0.1) is 0 Å². The molecule has 0 saturated heterocycles. The number of carbonyl (C=O) groups excluding carboxylic acids is 1. The van der Waals surface area contributed by atoms with Gasteiger partial charge in [-0.1, -0.05) is 23.2 Å². The zero-order valence-electron chi connectivity index (χ0n) is 10.2. The van der Waals surface area contributed by atoms with Crippen LogP contribution < -0.4 is 11.1 Å². The number of rotatable bonds is 2. The minimum Gasteiger partial charge on any atom is -0.399 e. The maximum Gasteiger partial charge on any atom is 0.255 e. The molecule has 0 fully saturated rings. The number of hydrogen-bond acceptors (Lipinski definition) is 2. The van der Waals surface area contributed by atoms with E-state index in [0.717, 1.165) is 5.56 Å². The first kappa shape index (κ1) is 13.7. The van der Waals surface area contributed by atoms with Gasteiger partial charge in [0.1, 0.15) is 0 Å². The van der Waals surface area contributed by atoms with Crippen LogP contribution in [-0.2, 0) is 0 Å². The molecular formula is C14H12Cl2N2O. The number of benzene rings is 2. The van der Waals surface area contributed by atoms with Crippen molar-refractivity contribution in [1.29, 1.82) is 0 Å². The van der Waals surface area contributed by atoms with Crippen molar-refractivity contribution in [3.63, 3.8) is 0 Å². The summed E-state index contributed by atoms with van der Waals surface area (Å²) in [5.41, 5.74) is 8.16. The molecule has 2 aromatic rings. The Morgan fingerprint density at radius 3 is 2.53 bits per heavy atom. The molecule has 19 heavy (non-hydrogen) atoms. The molecule has 5 heteroatoms. The van der Waals surface area contributed by atoms with E-state index in [0.29, 0.717) is 27.0 Å². The highest BCUT2D eigenvalue weighted by Gasteiger charge is 2.11. The summed E-state index contributed by atoms with van der Waals surface area (Å²) < 4.78 is 0. The third-order valence-corrected chi connectivity index (χ3v) is 3.22. The normalized spacial score (nSPS) is 10.3. The van der Waals surface area contributed by atoms with Crippen molar-refractivity contribution >= 4 is 40.5 Å². The molecule has 0 atom stereocenters. The van der Waals surface area contributed by atoms with Crippen molar-refractivity contribution in [3.05, 3.63) is 57.6 Å². The summed E-state index contributed by atoms with van der Waals surface area (Å²) in [6.45, 7) is 1.83. The summed E-state index contributed by atoms with van der Waals surface area (Å²) in [7, 11) is 0. The lowest BCUT2D eigenvalue weighted by Gasteiger charge is -2.09. The number of nitrogens with two attached hydrogens (primary N) is 1. The van der Waals surface area contributed by atoms with E-state index in [2.05, 4.69) is 5.32 Å². The van der Waals surface area contributed by atoms with E-state index in [9.17, 15) is 4.79 Å². The van der Waals surface area contributed by atoms with Crippen LogP contribution in [0, 0.1) is 6.92 Å². The molecule has 3 nitrogen and oxygen atoms in total. The Labute approximate surface area is 121 Å². The van der Waals surface area contributed by atoms with E-state index in [4.69, 9.17) is 28.9 Å². The molecule has 0 aliphatic carbocycles. The Morgan fingerprint density at radius 2 is 1.89 bits per heavy atom. The average Bonchev–Trinajstić information content (AvgIpc) is 2.32. The third kappa shape index (κ3) is 3.19. The number of hydrogen-bond donors (Lipinski definition) is 2. The topological polar surface area (TPSA) is 55.1 Å². The van der Waals surface area contributed by atoms with Gasteiger partial charge in [0, 0.05) is 16.3 Å².